The number of benzene rings is 1. The van der Waals surface area contributed by atoms with E-state index in [1.807, 2.05) is 29.2 Å². The molecule has 1 aromatic heterocycles. The van der Waals surface area contributed by atoms with E-state index < -0.39 is 0 Å². The summed E-state index contributed by atoms with van der Waals surface area (Å²) in [5, 5.41) is 7.88. The number of amides is 2. The van der Waals surface area contributed by atoms with Crippen LogP contribution in [0.15, 0.2) is 28.8 Å². The zero-order valence-corrected chi connectivity index (χ0v) is 12.5. The highest BCUT2D eigenvalue weighted by Gasteiger charge is 2.22. The Morgan fingerprint density at radius 1 is 1.32 bits per heavy atom. The van der Waals surface area contributed by atoms with E-state index in [0.29, 0.717) is 24.4 Å². The summed E-state index contributed by atoms with van der Waals surface area (Å²) in [6.07, 6.45) is 1.81. The number of nitrogens with zero attached hydrogens (tertiary/aromatic N) is 2. The zero-order valence-electron chi connectivity index (χ0n) is 12.5. The van der Waals surface area contributed by atoms with E-state index >= 15 is 0 Å². The molecule has 6 nitrogen and oxygen atoms in total. The molecule has 2 amide bonds. The molecule has 0 spiro atoms. The topological polar surface area (TPSA) is 75.4 Å². The Balaban J connectivity index is 1.56. The second-order valence-electron chi connectivity index (χ2n) is 5.65. The molecule has 22 heavy (non-hydrogen) atoms. The van der Waals surface area contributed by atoms with Crippen molar-refractivity contribution in [2.75, 3.05) is 13.1 Å². The van der Waals surface area contributed by atoms with Crippen molar-refractivity contribution in [2.45, 2.75) is 32.2 Å². The third-order valence-corrected chi connectivity index (χ3v) is 4.09. The van der Waals surface area contributed by atoms with E-state index in [4.69, 9.17) is 4.52 Å². The molecular formula is C16H19N3O3. The van der Waals surface area contributed by atoms with Crippen molar-refractivity contribution in [3.63, 3.8) is 0 Å². The van der Waals surface area contributed by atoms with Gasteiger partial charge in [0.05, 0.1) is 6.42 Å². The van der Waals surface area contributed by atoms with Crippen molar-refractivity contribution < 1.29 is 14.1 Å². The fourth-order valence-corrected chi connectivity index (χ4v) is 2.84. The molecule has 0 unspecified atom stereocenters. The number of fused-ring (bicyclic) bond motifs is 1. The molecular weight excluding hydrogens is 282 g/mol. The third-order valence-electron chi connectivity index (χ3n) is 4.09. The Morgan fingerprint density at radius 2 is 2.05 bits per heavy atom. The van der Waals surface area contributed by atoms with E-state index in [1.165, 1.54) is 0 Å². The van der Waals surface area contributed by atoms with Gasteiger partial charge in [0, 0.05) is 31.4 Å². The fraction of sp³-hybridized carbons (Fsp3) is 0.438. The SMILES string of the molecule is CC(=O)N1CCC(NC(=O)Cc2noc3ccccc23)CC1. The normalized spacial score (nSPS) is 16.0. The molecule has 1 saturated heterocycles. The van der Waals surface area contributed by atoms with Crippen molar-refractivity contribution in [3.8, 4) is 0 Å². The van der Waals surface area contributed by atoms with E-state index in [-0.39, 0.29) is 24.3 Å². The summed E-state index contributed by atoms with van der Waals surface area (Å²) in [5.74, 6) is 0.0409. The molecule has 1 aromatic carbocycles. The van der Waals surface area contributed by atoms with Crippen molar-refractivity contribution >= 4 is 22.8 Å². The minimum atomic E-state index is -0.0553. The van der Waals surface area contributed by atoms with E-state index in [2.05, 4.69) is 10.5 Å². The molecule has 3 rings (SSSR count). The van der Waals surface area contributed by atoms with Crippen LogP contribution in [0.4, 0.5) is 0 Å². The second-order valence-corrected chi connectivity index (χ2v) is 5.65. The Morgan fingerprint density at radius 3 is 2.77 bits per heavy atom. The zero-order chi connectivity index (χ0) is 15.5. The molecule has 0 saturated carbocycles. The number of nitrogens with one attached hydrogen (secondary N) is 1. The Kier molecular flexibility index (Phi) is 4.09. The van der Waals surface area contributed by atoms with Crippen molar-refractivity contribution in [3.05, 3.63) is 30.0 Å². The molecule has 1 N–H and O–H groups in total. The Hall–Kier alpha value is -2.37. The Bertz CT molecular complexity index is 687. The number of aromatic nitrogens is 1. The van der Waals surface area contributed by atoms with Crippen molar-refractivity contribution in [1.82, 2.24) is 15.4 Å². The summed E-state index contributed by atoms with van der Waals surface area (Å²) >= 11 is 0. The lowest BCUT2D eigenvalue weighted by atomic mass is 10.0. The van der Waals surface area contributed by atoms with Crippen molar-refractivity contribution in [1.29, 1.82) is 0 Å². The lowest BCUT2D eigenvalue weighted by Crippen LogP contribution is -2.46. The average molecular weight is 301 g/mol. The molecule has 1 aliphatic rings. The maximum Gasteiger partial charge on any atom is 0.226 e. The van der Waals surface area contributed by atoms with Gasteiger partial charge in [0.15, 0.2) is 5.58 Å². The first-order valence-corrected chi connectivity index (χ1v) is 7.51. The van der Waals surface area contributed by atoms with Crippen LogP contribution in [0.3, 0.4) is 0 Å². The number of hydrogen-bond acceptors (Lipinski definition) is 4. The molecule has 0 aliphatic carbocycles. The van der Waals surface area contributed by atoms with Gasteiger partial charge < -0.3 is 14.7 Å². The van der Waals surface area contributed by atoms with Crippen LogP contribution in [0.1, 0.15) is 25.5 Å². The molecule has 2 heterocycles. The van der Waals surface area contributed by atoms with Crippen LogP contribution in [0.25, 0.3) is 11.0 Å². The van der Waals surface area contributed by atoms with Crippen LogP contribution in [-0.4, -0.2) is 41.0 Å². The molecule has 6 heteroatoms. The van der Waals surface area contributed by atoms with E-state index in [9.17, 15) is 9.59 Å². The summed E-state index contributed by atoms with van der Waals surface area (Å²) in [7, 11) is 0. The minimum Gasteiger partial charge on any atom is -0.356 e. The molecule has 2 aromatic rings. The number of rotatable bonds is 3. The van der Waals surface area contributed by atoms with Crippen molar-refractivity contribution in [2.24, 2.45) is 0 Å². The quantitative estimate of drug-likeness (QED) is 0.932. The van der Waals surface area contributed by atoms with Crippen LogP contribution < -0.4 is 5.32 Å². The number of hydrogen-bond donors (Lipinski definition) is 1. The number of likely N-dealkylation sites (tertiary alicyclic amines) is 1. The van der Waals surface area contributed by atoms with Gasteiger partial charge in [-0.05, 0) is 25.0 Å². The molecule has 0 radical (unpaired) electrons. The van der Waals surface area contributed by atoms with Gasteiger partial charge in [0.25, 0.3) is 0 Å². The Labute approximate surface area is 128 Å². The van der Waals surface area contributed by atoms with Crippen LogP contribution in [0, 0.1) is 0 Å². The van der Waals surface area contributed by atoms with Crippen LogP contribution in [0.2, 0.25) is 0 Å². The monoisotopic (exact) mass is 301 g/mol. The predicted molar refractivity (Wildman–Crippen MR) is 81.1 cm³/mol. The highest BCUT2D eigenvalue weighted by Crippen LogP contribution is 2.18. The van der Waals surface area contributed by atoms with Gasteiger partial charge in [-0.2, -0.15) is 0 Å². The first-order chi connectivity index (χ1) is 10.6. The summed E-state index contributed by atoms with van der Waals surface area (Å²) in [6, 6.07) is 7.64. The van der Waals surface area contributed by atoms with E-state index in [0.717, 1.165) is 18.2 Å². The first-order valence-electron chi connectivity index (χ1n) is 7.51. The summed E-state index contributed by atoms with van der Waals surface area (Å²) in [6.45, 7) is 2.98. The average Bonchev–Trinajstić information content (AvgIpc) is 2.91. The number of para-hydroxylation sites is 1. The maximum absolute atomic E-state index is 12.2. The summed E-state index contributed by atoms with van der Waals surface area (Å²) in [4.78, 5) is 25.3. The van der Waals surface area contributed by atoms with E-state index in [1.54, 1.807) is 6.92 Å². The molecule has 0 atom stereocenters. The van der Waals surface area contributed by atoms with Crippen LogP contribution in [0.5, 0.6) is 0 Å². The standard InChI is InChI=1S/C16H19N3O3/c1-11(20)19-8-6-12(7-9-19)17-16(21)10-14-13-4-2-3-5-15(13)22-18-14/h2-5,12H,6-10H2,1H3,(H,17,21). The van der Waals surface area contributed by atoms with Gasteiger partial charge in [-0.1, -0.05) is 17.3 Å². The molecule has 1 fully saturated rings. The van der Waals surface area contributed by atoms with Gasteiger partial charge in [-0.15, -0.1) is 0 Å². The second kappa shape index (κ2) is 6.17. The van der Waals surface area contributed by atoms with Crippen LogP contribution in [-0.2, 0) is 16.0 Å². The molecule has 116 valence electrons. The smallest absolute Gasteiger partial charge is 0.226 e. The number of carbonyl (C=O) groups excluding carboxylic acids is 2. The van der Waals surface area contributed by atoms with Gasteiger partial charge >= 0.3 is 0 Å². The van der Waals surface area contributed by atoms with Gasteiger partial charge in [0.1, 0.15) is 5.69 Å². The van der Waals surface area contributed by atoms with Gasteiger partial charge in [-0.3, -0.25) is 9.59 Å². The lowest BCUT2D eigenvalue weighted by Gasteiger charge is -2.31. The third kappa shape index (κ3) is 3.10. The fourth-order valence-electron chi connectivity index (χ4n) is 2.84. The maximum atomic E-state index is 12.2. The summed E-state index contributed by atoms with van der Waals surface area (Å²) in [5.41, 5.74) is 1.36. The largest absolute Gasteiger partial charge is 0.356 e. The lowest BCUT2D eigenvalue weighted by molar-refractivity contribution is -0.130. The predicted octanol–water partition coefficient (Wildman–Crippen LogP) is 1.50. The van der Waals surface area contributed by atoms with Crippen LogP contribution >= 0.6 is 0 Å². The summed E-state index contributed by atoms with van der Waals surface area (Å²) < 4.78 is 5.21. The highest BCUT2D eigenvalue weighted by molar-refractivity contribution is 5.86. The highest BCUT2D eigenvalue weighted by atomic mass is 16.5. The minimum absolute atomic E-state index is 0.0553. The number of carbonyl (C=O) groups is 2. The number of piperidine rings is 1. The van der Waals surface area contributed by atoms with Gasteiger partial charge in [-0.25, -0.2) is 0 Å². The first kappa shape index (κ1) is 14.6. The molecule has 0 bridgehead atoms. The molecule has 1 aliphatic heterocycles. The van der Waals surface area contributed by atoms with Gasteiger partial charge in [0.2, 0.25) is 11.8 Å².